The van der Waals surface area contributed by atoms with Gasteiger partial charge in [-0.05, 0) is 42.5 Å². The molecule has 0 aliphatic heterocycles. The molecule has 1 aromatic carbocycles. The van der Waals surface area contributed by atoms with Crippen molar-refractivity contribution in [1.82, 2.24) is 9.97 Å². The van der Waals surface area contributed by atoms with Gasteiger partial charge in [-0.1, -0.05) is 0 Å². The summed E-state index contributed by atoms with van der Waals surface area (Å²) < 4.78 is 44.3. The van der Waals surface area contributed by atoms with E-state index in [0.29, 0.717) is 5.69 Å². The van der Waals surface area contributed by atoms with Crippen LogP contribution >= 0.6 is 0 Å². The van der Waals surface area contributed by atoms with Crippen LogP contribution in [0.5, 0.6) is 0 Å². The highest BCUT2D eigenvalue weighted by molar-refractivity contribution is 5.88. The lowest BCUT2D eigenvalue weighted by atomic mass is 10.2. The molecule has 0 aliphatic rings. The van der Waals surface area contributed by atoms with Crippen molar-refractivity contribution in [3.8, 4) is 11.5 Å². The number of carboxylic acid groups (broad SMARTS) is 1. The minimum absolute atomic E-state index is 0.0306. The number of nitrogens with zero attached hydrogens (tertiary/aromatic N) is 2. The summed E-state index contributed by atoms with van der Waals surface area (Å²) in [4.78, 5) is 18.3. The second-order valence-electron chi connectivity index (χ2n) is 4.94. The van der Waals surface area contributed by atoms with Crippen molar-refractivity contribution in [2.24, 2.45) is 0 Å². The molecule has 2 heterocycles. The van der Waals surface area contributed by atoms with E-state index < -0.39 is 17.8 Å². The lowest BCUT2D eigenvalue weighted by Crippen LogP contribution is -2.11. The maximum Gasteiger partial charge on any atom is 0.433 e. The molecule has 0 unspecified atom stereocenters. The number of aromatic nitrogens is 2. The van der Waals surface area contributed by atoms with Gasteiger partial charge in [0, 0.05) is 5.69 Å². The van der Waals surface area contributed by atoms with Gasteiger partial charge in [-0.2, -0.15) is 13.2 Å². The first-order chi connectivity index (χ1) is 11.8. The second kappa shape index (κ2) is 6.27. The van der Waals surface area contributed by atoms with E-state index in [-0.39, 0.29) is 23.0 Å². The quantitative estimate of drug-likeness (QED) is 0.734. The first-order valence-corrected chi connectivity index (χ1v) is 6.93. The number of carbonyl (C=O) groups is 1. The SMILES string of the molecule is O=C(O)c1ccc(Nc2nc(-c3ccco3)cc(C(F)(F)F)n2)cc1. The number of anilines is 2. The van der Waals surface area contributed by atoms with E-state index in [4.69, 9.17) is 9.52 Å². The first kappa shape index (κ1) is 16.5. The molecule has 0 atom stereocenters. The van der Waals surface area contributed by atoms with Gasteiger partial charge in [0.05, 0.1) is 11.8 Å². The highest BCUT2D eigenvalue weighted by Gasteiger charge is 2.34. The summed E-state index contributed by atoms with van der Waals surface area (Å²) in [5.41, 5.74) is -0.767. The molecule has 128 valence electrons. The molecule has 0 fully saturated rings. The van der Waals surface area contributed by atoms with Gasteiger partial charge in [0.15, 0.2) is 11.5 Å². The molecule has 9 heteroatoms. The fourth-order valence-electron chi connectivity index (χ4n) is 2.02. The number of alkyl halides is 3. The van der Waals surface area contributed by atoms with Gasteiger partial charge in [-0.25, -0.2) is 14.8 Å². The zero-order valence-electron chi connectivity index (χ0n) is 12.4. The van der Waals surface area contributed by atoms with Crippen LogP contribution in [0.15, 0.2) is 53.1 Å². The van der Waals surface area contributed by atoms with E-state index >= 15 is 0 Å². The van der Waals surface area contributed by atoms with Crippen LogP contribution in [-0.4, -0.2) is 21.0 Å². The van der Waals surface area contributed by atoms with Crippen molar-refractivity contribution in [3.05, 3.63) is 60.0 Å². The van der Waals surface area contributed by atoms with E-state index in [2.05, 4.69) is 15.3 Å². The number of carboxylic acids is 1. The molecule has 0 spiro atoms. The Kier molecular flexibility index (Phi) is 4.14. The monoisotopic (exact) mass is 349 g/mol. The molecule has 0 saturated carbocycles. The third-order valence-corrected chi connectivity index (χ3v) is 3.18. The van der Waals surface area contributed by atoms with Crippen molar-refractivity contribution in [2.75, 3.05) is 5.32 Å². The maximum absolute atomic E-state index is 13.1. The smallest absolute Gasteiger partial charge is 0.433 e. The summed E-state index contributed by atoms with van der Waals surface area (Å²) in [6.07, 6.45) is -3.34. The van der Waals surface area contributed by atoms with Crippen LogP contribution in [-0.2, 0) is 6.18 Å². The lowest BCUT2D eigenvalue weighted by Gasteiger charge is -2.11. The summed E-state index contributed by atoms with van der Waals surface area (Å²) in [5, 5.41) is 11.5. The van der Waals surface area contributed by atoms with Crippen molar-refractivity contribution in [2.45, 2.75) is 6.18 Å². The fourth-order valence-corrected chi connectivity index (χ4v) is 2.02. The molecule has 25 heavy (non-hydrogen) atoms. The number of furan rings is 1. The Morgan fingerprint density at radius 3 is 2.40 bits per heavy atom. The lowest BCUT2D eigenvalue weighted by molar-refractivity contribution is -0.141. The van der Waals surface area contributed by atoms with E-state index in [1.54, 1.807) is 0 Å². The number of hydrogen-bond donors (Lipinski definition) is 2. The van der Waals surface area contributed by atoms with Crippen LogP contribution in [0, 0.1) is 0 Å². The maximum atomic E-state index is 13.1. The standard InChI is InChI=1S/C16H10F3N3O3/c17-16(18,19)13-8-11(12-2-1-7-25-12)21-15(22-13)20-10-5-3-9(4-6-10)14(23)24/h1-8H,(H,23,24)(H,20,21,22). The van der Waals surface area contributed by atoms with Gasteiger partial charge >= 0.3 is 12.1 Å². The number of benzene rings is 1. The van der Waals surface area contributed by atoms with E-state index in [1.165, 1.54) is 42.7 Å². The van der Waals surface area contributed by atoms with Crippen LogP contribution < -0.4 is 5.32 Å². The average Bonchev–Trinajstić information content (AvgIpc) is 3.09. The topological polar surface area (TPSA) is 88.2 Å². The number of halogens is 3. The Morgan fingerprint density at radius 2 is 1.84 bits per heavy atom. The van der Waals surface area contributed by atoms with Crippen molar-refractivity contribution < 1.29 is 27.5 Å². The number of aromatic carboxylic acids is 1. The second-order valence-corrected chi connectivity index (χ2v) is 4.94. The van der Waals surface area contributed by atoms with E-state index in [0.717, 1.165) is 6.07 Å². The van der Waals surface area contributed by atoms with Crippen LogP contribution in [0.1, 0.15) is 16.1 Å². The minimum atomic E-state index is -4.66. The van der Waals surface area contributed by atoms with E-state index in [1.807, 2.05) is 0 Å². The molecule has 2 N–H and O–H groups in total. The van der Waals surface area contributed by atoms with Gasteiger partial charge in [0.2, 0.25) is 5.95 Å². The van der Waals surface area contributed by atoms with Crippen LogP contribution in [0.25, 0.3) is 11.5 Å². The Balaban J connectivity index is 1.97. The minimum Gasteiger partial charge on any atom is -0.478 e. The van der Waals surface area contributed by atoms with Crippen molar-refractivity contribution in [3.63, 3.8) is 0 Å². The zero-order valence-corrected chi connectivity index (χ0v) is 12.4. The van der Waals surface area contributed by atoms with E-state index in [9.17, 15) is 18.0 Å². The zero-order chi connectivity index (χ0) is 18.0. The van der Waals surface area contributed by atoms with Crippen LogP contribution in [0.4, 0.5) is 24.8 Å². The van der Waals surface area contributed by atoms with Gasteiger partial charge < -0.3 is 14.8 Å². The summed E-state index contributed by atoms with van der Waals surface area (Å²) in [6, 6.07) is 9.23. The highest BCUT2D eigenvalue weighted by atomic mass is 19.4. The molecule has 0 radical (unpaired) electrons. The van der Waals surface area contributed by atoms with Crippen molar-refractivity contribution >= 4 is 17.6 Å². The summed E-state index contributed by atoms with van der Waals surface area (Å²) in [5.74, 6) is -1.23. The number of rotatable bonds is 4. The molecular formula is C16H10F3N3O3. The molecule has 2 aromatic heterocycles. The molecule has 0 amide bonds. The Morgan fingerprint density at radius 1 is 1.12 bits per heavy atom. The third-order valence-electron chi connectivity index (χ3n) is 3.18. The average molecular weight is 349 g/mol. The van der Waals surface area contributed by atoms with Gasteiger partial charge in [0.25, 0.3) is 0 Å². The summed E-state index contributed by atoms with van der Waals surface area (Å²) in [7, 11) is 0. The van der Waals surface area contributed by atoms with Gasteiger partial charge in [-0.15, -0.1) is 0 Å². The Labute approximate surface area is 139 Å². The molecule has 6 nitrogen and oxygen atoms in total. The molecular weight excluding hydrogens is 339 g/mol. The van der Waals surface area contributed by atoms with Gasteiger partial charge in [-0.3, -0.25) is 0 Å². The molecule has 0 saturated heterocycles. The molecule has 3 rings (SSSR count). The Hall–Kier alpha value is -3.36. The number of hydrogen-bond acceptors (Lipinski definition) is 5. The molecule has 0 bridgehead atoms. The largest absolute Gasteiger partial charge is 0.478 e. The first-order valence-electron chi connectivity index (χ1n) is 6.93. The number of nitrogens with one attached hydrogen (secondary N) is 1. The fraction of sp³-hybridized carbons (Fsp3) is 0.0625. The summed E-state index contributed by atoms with van der Waals surface area (Å²) in [6.45, 7) is 0. The molecule has 3 aromatic rings. The predicted molar refractivity (Wildman–Crippen MR) is 81.4 cm³/mol. The van der Waals surface area contributed by atoms with Crippen LogP contribution in [0.3, 0.4) is 0 Å². The highest BCUT2D eigenvalue weighted by Crippen LogP contribution is 2.31. The predicted octanol–water partition coefficient (Wildman–Crippen LogP) is 4.20. The normalized spacial score (nSPS) is 11.3. The Bertz CT molecular complexity index is 891. The summed E-state index contributed by atoms with van der Waals surface area (Å²) >= 11 is 0. The third kappa shape index (κ3) is 3.77. The van der Waals surface area contributed by atoms with Crippen LogP contribution in [0.2, 0.25) is 0 Å². The van der Waals surface area contributed by atoms with Gasteiger partial charge in [0.1, 0.15) is 5.69 Å². The van der Waals surface area contributed by atoms with Crippen molar-refractivity contribution in [1.29, 1.82) is 0 Å². The molecule has 0 aliphatic carbocycles.